The van der Waals surface area contributed by atoms with Crippen LogP contribution in [0.5, 0.6) is 0 Å². The van der Waals surface area contributed by atoms with E-state index in [4.69, 9.17) is 5.11 Å². The van der Waals surface area contributed by atoms with Gasteiger partial charge in [-0.2, -0.15) is 30.7 Å². The zero-order valence-corrected chi connectivity index (χ0v) is 7.12. The second kappa shape index (κ2) is 4.52. The van der Waals surface area contributed by atoms with Crippen molar-refractivity contribution in [2.45, 2.75) is 24.6 Å². The average molecular weight is 244 g/mol. The predicted molar refractivity (Wildman–Crippen MR) is 33.6 cm³/mol. The summed E-state index contributed by atoms with van der Waals surface area (Å²) < 4.78 is 86.2. The molecule has 0 amide bonds. The third-order valence-corrected chi connectivity index (χ3v) is 1.31. The topological polar surface area (TPSA) is 29.5 Å². The molecule has 2 nitrogen and oxygen atoms in total. The molecule has 0 saturated heterocycles. The standard InChI is InChI=1S/C6H7F7O2/c7-4(8,5(9,10)11)6(12,13)15-3-1-2-14/h14H,1-3H2. The Bertz CT molecular complexity index is 200. The summed E-state index contributed by atoms with van der Waals surface area (Å²) in [6.45, 7) is -1.76. The van der Waals surface area contributed by atoms with Gasteiger partial charge in [0.05, 0.1) is 6.61 Å². The smallest absolute Gasteiger partial charge is 0.396 e. The molecule has 0 aliphatic heterocycles. The van der Waals surface area contributed by atoms with Gasteiger partial charge in [0.2, 0.25) is 0 Å². The van der Waals surface area contributed by atoms with Crippen LogP contribution < -0.4 is 0 Å². The van der Waals surface area contributed by atoms with Crippen LogP contribution in [-0.4, -0.2) is 36.5 Å². The van der Waals surface area contributed by atoms with Gasteiger partial charge in [-0.05, 0) is 6.42 Å². The van der Waals surface area contributed by atoms with Crippen LogP contribution in [-0.2, 0) is 4.74 Å². The summed E-state index contributed by atoms with van der Waals surface area (Å²) in [5, 5.41) is 8.09. The zero-order valence-electron chi connectivity index (χ0n) is 7.12. The average Bonchev–Trinajstić information content (AvgIpc) is 2.02. The molecule has 0 aliphatic rings. The number of aliphatic hydroxyl groups is 1. The largest absolute Gasteiger partial charge is 0.462 e. The SMILES string of the molecule is OCCCOC(F)(F)C(F)(F)C(F)(F)F. The van der Waals surface area contributed by atoms with Crippen molar-refractivity contribution in [2.24, 2.45) is 0 Å². The van der Waals surface area contributed by atoms with Gasteiger partial charge in [-0.15, -0.1) is 0 Å². The van der Waals surface area contributed by atoms with Crippen molar-refractivity contribution < 1.29 is 40.6 Å². The fourth-order valence-corrected chi connectivity index (χ4v) is 0.521. The summed E-state index contributed by atoms with van der Waals surface area (Å²) in [5.74, 6) is -6.25. The first kappa shape index (κ1) is 14.4. The third kappa shape index (κ3) is 3.20. The van der Waals surface area contributed by atoms with Gasteiger partial charge in [-0.3, -0.25) is 0 Å². The number of rotatable bonds is 5. The number of halogens is 7. The van der Waals surface area contributed by atoms with Crippen molar-refractivity contribution in [3.8, 4) is 0 Å². The van der Waals surface area contributed by atoms with Crippen molar-refractivity contribution in [3.63, 3.8) is 0 Å². The summed E-state index contributed by atoms with van der Waals surface area (Å²) in [6, 6.07) is 0. The molecule has 0 heterocycles. The van der Waals surface area contributed by atoms with Gasteiger partial charge in [-0.1, -0.05) is 0 Å². The number of hydrogen-bond donors (Lipinski definition) is 1. The highest BCUT2D eigenvalue weighted by Crippen LogP contribution is 2.46. The first-order valence-corrected chi connectivity index (χ1v) is 3.63. The van der Waals surface area contributed by atoms with Gasteiger partial charge >= 0.3 is 18.2 Å². The van der Waals surface area contributed by atoms with Gasteiger partial charge in [0.25, 0.3) is 0 Å². The van der Waals surface area contributed by atoms with E-state index in [1.54, 1.807) is 0 Å². The third-order valence-electron chi connectivity index (χ3n) is 1.31. The second-order valence-electron chi connectivity index (χ2n) is 2.51. The maximum absolute atomic E-state index is 12.2. The summed E-state index contributed by atoms with van der Waals surface area (Å²) in [5.41, 5.74) is 0. The molecule has 1 N–H and O–H groups in total. The Morgan fingerprint density at radius 1 is 0.933 bits per heavy atom. The predicted octanol–water partition coefficient (Wildman–Crippen LogP) is 2.18. The molecule has 9 heteroatoms. The lowest BCUT2D eigenvalue weighted by Crippen LogP contribution is -2.53. The normalized spacial score (nSPS) is 14.4. The van der Waals surface area contributed by atoms with E-state index < -0.39 is 37.8 Å². The molecule has 0 rings (SSSR count). The van der Waals surface area contributed by atoms with E-state index in [0.29, 0.717) is 0 Å². The van der Waals surface area contributed by atoms with Crippen molar-refractivity contribution in [3.05, 3.63) is 0 Å². The molecule has 0 aromatic heterocycles. The van der Waals surface area contributed by atoms with E-state index in [0.717, 1.165) is 0 Å². The van der Waals surface area contributed by atoms with E-state index in [-0.39, 0.29) is 0 Å². The molecule has 0 fully saturated rings. The maximum atomic E-state index is 12.2. The second-order valence-corrected chi connectivity index (χ2v) is 2.51. The molecule has 0 saturated carbocycles. The quantitative estimate of drug-likeness (QED) is 0.593. The molecule has 0 aliphatic carbocycles. The number of hydrogen-bond acceptors (Lipinski definition) is 2. The van der Waals surface area contributed by atoms with Gasteiger partial charge in [0.15, 0.2) is 0 Å². The van der Waals surface area contributed by atoms with E-state index in [9.17, 15) is 30.7 Å². The van der Waals surface area contributed by atoms with Gasteiger partial charge < -0.3 is 9.84 Å². The van der Waals surface area contributed by atoms with E-state index >= 15 is 0 Å². The lowest BCUT2D eigenvalue weighted by molar-refractivity contribution is -0.424. The Hall–Kier alpha value is -0.570. The highest BCUT2D eigenvalue weighted by Gasteiger charge is 2.74. The molecule has 92 valence electrons. The fourth-order valence-electron chi connectivity index (χ4n) is 0.521. The van der Waals surface area contributed by atoms with Gasteiger partial charge in [-0.25, -0.2) is 0 Å². The summed E-state index contributed by atoms with van der Waals surface area (Å²) in [7, 11) is 0. The van der Waals surface area contributed by atoms with Gasteiger partial charge in [0.1, 0.15) is 0 Å². The summed E-state index contributed by atoms with van der Waals surface area (Å²) >= 11 is 0. The number of alkyl halides is 7. The number of aliphatic hydroxyl groups excluding tert-OH is 1. The van der Waals surface area contributed by atoms with Crippen LogP contribution in [0.3, 0.4) is 0 Å². The molecular weight excluding hydrogens is 237 g/mol. The zero-order chi connectivity index (χ0) is 12.3. The fraction of sp³-hybridized carbons (Fsp3) is 1.00. The Balaban J connectivity index is 4.56. The van der Waals surface area contributed by atoms with Crippen molar-refractivity contribution in [2.75, 3.05) is 13.2 Å². The van der Waals surface area contributed by atoms with Gasteiger partial charge in [0, 0.05) is 6.61 Å². The Morgan fingerprint density at radius 3 is 1.73 bits per heavy atom. The molecule has 0 atom stereocenters. The van der Waals surface area contributed by atoms with Crippen LogP contribution in [0.25, 0.3) is 0 Å². The Morgan fingerprint density at radius 2 is 1.40 bits per heavy atom. The van der Waals surface area contributed by atoms with Crippen LogP contribution in [0.1, 0.15) is 6.42 Å². The van der Waals surface area contributed by atoms with Crippen LogP contribution in [0.15, 0.2) is 0 Å². The monoisotopic (exact) mass is 244 g/mol. The summed E-state index contributed by atoms with van der Waals surface area (Å²) in [4.78, 5) is 0. The minimum Gasteiger partial charge on any atom is -0.396 e. The van der Waals surface area contributed by atoms with Crippen molar-refractivity contribution >= 4 is 0 Å². The molecule has 0 aromatic carbocycles. The molecular formula is C6H7F7O2. The van der Waals surface area contributed by atoms with E-state index in [2.05, 4.69) is 4.74 Å². The minimum atomic E-state index is -6.39. The van der Waals surface area contributed by atoms with Crippen LogP contribution in [0.2, 0.25) is 0 Å². The maximum Gasteiger partial charge on any atom is 0.462 e. The van der Waals surface area contributed by atoms with Crippen LogP contribution in [0.4, 0.5) is 30.7 Å². The molecule has 0 aromatic rings. The van der Waals surface area contributed by atoms with Crippen LogP contribution in [0, 0.1) is 0 Å². The molecule has 15 heavy (non-hydrogen) atoms. The molecule has 0 spiro atoms. The summed E-state index contributed by atoms with van der Waals surface area (Å²) in [6.07, 6.45) is -12.5. The van der Waals surface area contributed by atoms with Crippen molar-refractivity contribution in [1.29, 1.82) is 0 Å². The lowest BCUT2D eigenvalue weighted by Gasteiger charge is -2.27. The van der Waals surface area contributed by atoms with Crippen LogP contribution >= 0.6 is 0 Å². The Labute approximate surface area is 79.6 Å². The first-order chi connectivity index (χ1) is 6.56. The highest BCUT2D eigenvalue weighted by atomic mass is 19.4. The van der Waals surface area contributed by atoms with E-state index in [1.165, 1.54) is 0 Å². The van der Waals surface area contributed by atoms with E-state index in [1.807, 2.05) is 0 Å². The van der Waals surface area contributed by atoms with Crippen molar-refractivity contribution in [1.82, 2.24) is 0 Å². The molecule has 0 bridgehead atoms. The minimum absolute atomic E-state index is 0.469. The molecule has 0 radical (unpaired) electrons. The first-order valence-electron chi connectivity index (χ1n) is 3.63. The Kier molecular flexibility index (Phi) is 4.35. The lowest BCUT2D eigenvalue weighted by atomic mass is 10.3. The number of ether oxygens (including phenoxy) is 1. The highest BCUT2D eigenvalue weighted by molar-refractivity contribution is 4.84. The molecule has 0 unspecified atom stereocenters.